The third-order valence-electron chi connectivity index (χ3n) is 3.06. The first-order valence-corrected chi connectivity index (χ1v) is 4.35. The van der Waals surface area contributed by atoms with Crippen molar-refractivity contribution in [1.29, 1.82) is 0 Å². The number of hydrogen-bond donors (Lipinski definition) is 1. The molecular weight excluding hydrogens is 190 g/mol. The van der Waals surface area contributed by atoms with Crippen molar-refractivity contribution in [3.05, 3.63) is 11.6 Å². The van der Waals surface area contributed by atoms with Crippen molar-refractivity contribution in [1.82, 2.24) is 4.90 Å². The topological polar surface area (TPSA) is 40.5 Å². The molecule has 3 nitrogen and oxygen atoms in total. The Kier molecular flexibility index (Phi) is 2.98. The van der Waals surface area contributed by atoms with E-state index in [4.69, 9.17) is 5.11 Å². The summed E-state index contributed by atoms with van der Waals surface area (Å²) in [6.07, 6.45) is 4.97. The molecule has 13 heavy (non-hydrogen) atoms. The van der Waals surface area contributed by atoms with Gasteiger partial charge in [-0.3, -0.25) is 4.90 Å². The quantitative estimate of drug-likeness (QED) is 0.698. The highest BCUT2D eigenvalue weighted by Crippen LogP contribution is 2.33. The van der Waals surface area contributed by atoms with E-state index in [0.29, 0.717) is 11.6 Å². The fraction of sp³-hybridized carbons (Fsp3) is 0.667. The summed E-state index contributed by atoms with van der Waals surface area (Å²) in [4.78, 5) is 13.0. The monoisotopic (exact) mass is 203 g/mol. The third-order valence-corrected chi connectivity index (χ3v) is 3.06. The van der Waals surface area contributed by atoms with Gasteiger partial charge in [-0.05, 0) is 26.3 Å². The number of aliphatic carboxylic acids is 1. The van der Waals surface area contributed by atoms with Crippen molar-refractivity contribution >= 4 is 18.4 Å². The van der Waals surface area contributed by atoms with E-state index < -0.39 is 5.97 Å². The molecular formula is C9H14ClNO2. The van der Waals surface area contributed by atoms with Crippen molar-refractivity contribution in [2.24, 2.45) is 0 Å². The Labute approximate surface area is 83.8 Å². The van der Waals surface area contributed by atoms with E-state index >= 15 is 0 Å². The molecule has 2 bridgehead atoms. The number of carbonyl (C=O) groups is 1. The fourth-order valence-electron chi connectivity index (χ4n) is 2.30. The summed E-state index contributed by atoms with van der Waals surface area (Å²) in [5.41, 5.74) is 0.603. The number of halogens is 1. The van der Waals surface area contributed by atoms with Crippen molar-refractivity contribution in [2.45, 2.75) is 31.3 Å². The maximum Gasteiger partial charge on any atom is 0.332 e. The first kappa shape index (κ1) is 10.5. The highest BCUT2D eigenvalue weighted by atomic mass is 35.5. The van der Waals surface area contributed by atoms with Gasteiger partial charge in [0.15, 0.2) is 0 Å². The van der Waals surface area contributed by atoms with Gasteiger partial charge < -0.3 is 5.11 Å². The summed E-state index contributed by atoms with van der Waals surface area (Å²) in [5.74, 6) is -0.743. The normalized spacial score (nSPS) is 32.2. The predicted molar refractivity (Wildman–Crippen MR) is 52.2 cm³/mol. The van der Waals surface area contributed by atoms with Gasteiger partial charge in [-0.2, -0.15) is 0 Å². The van der Waals surface area contributed by atoms with Crippen LogP contribution >= 0.6 is 12.4 Å². The van der Waals surface area contributed by atoms with Crippen LogP contribution in [0.4, 0.5) is 0 Å². The Bertz CT molecular complexity index is 252. The van der Waals surface area contributed by atoms with Crippen LogP contribution in [0.3, 0.4) is 0 Å². The standard InChI is InChI=1S/C9H13NO2.ClH/c1-10-6-2-4-7(9(11)12)8(10)5-3-6;/h4,6,8H,2-3,5H2,1H3,(H,11,12);1H/t6-,8+;/m0./s1. The Morgan fingerprint density at radius 2 is 2.31 bits per heavy atom. The fourth-order valence-corrected chi connectivity index (χ4v) is 2.30. The lowest BCUT2D eigenvalue weighted by atomic mass is 10.0. The molecule has 2 atom stereocenters. The SMILES string of the molecule is CN1[C@H]2CC=C(C(=O)O)[C@H]1CC2.Cl. The molecule has 2 rings (SSSR count). The summed E-state index contributed by atoms with van der Waals surface area (Å²) in [7, 11) is 2.03. The Balaban J connectivity index is 0.000000845. The van der Waals surface area contributed by atoms with Gasteiger partial charge in [-0.1, -0.05) is 6.08 Å². The molecule has 4 heteroatoms. The van der Waals surface area contributed by atoms with Gasteiger partial charge in [0.05, 0.1) is 5.57 Å². The minimum Gasteiger partial charge on any atom is -0.478 e. The second kappa shape index (κ2) is 3.68. The Morgan fingerprint density at radius 3 is 2.92 bits per heavy atom. The first-order chi connectivity index (χ1) is 5.70. The van der Waals surface area contributed by atoms with Crippen LogP contribution in [0.15, 0.2) is 11.6 Å². The molecule has 0 aliphatic carbocycles. The van der Waals surface area contributed by atoms with Crippen LogP contribution in [0.2, 0.25) is 0 Å². The number of carboxylic acid groups (broad SMARTS) is 1. The number of likely N-dealkylation sites (N-methyl/N-ethyl adjacent to an activating group) is 1. The summed E-state index contributed by atoms with van der Waals surface area (Å²) >= 11 is 0. The summed E-state index contributed by atoms with van der Waals surface area (Å²) < 4.78 is 0. The van der Waals surface area contributed by atoms with E-state index in [1.54, 1.807) is 0 Å². The molecule has 0 unspecified atom stereocenters. The predicted octanol–water partition coefficient (Wildman–Crippen LogP) is 1.29. The average molecular weight is 204 g/mol. The van der Waals surface area contributed by atoms with Gasteiger partial charge in [-0.15, -0.1) is 12.4 Å². The Hall–Kier alpha value is -0.540. The lowest BCUT2D eigenvalue weighted by Gasteiger charge is -2.29. The minimum atomic E-state index is -0.743. The largest absolute Gasteiger partial charge is 0.478 e. The third kappa shape index (κ3) is 1.58. The number of carboxylic acids is 1. The molecule has 0 aromatic carbocycles. The molecule has 1 N–H and O–H groups in total. The van der Waals surface area contributed by atoms with E-state index in [9.17, 15) is 4.79 Å². The van der Waals surface area contributed by atoms with Crippen LogP contribution < -0.4 is 0 Å². The summed E-state index contributed by atoms with van der Waals surface area (Å²) in [6.45, 7) is 0. The minimum absolute atomic E-state index is 0. The van der Waals surface area contributed by atoms with Gasteiger partial charge in [0.1, 0.15) is 0 Å². The van der Waals surface area contributed by atoms with Gasteiger partial charge in [0, 0.05) is 12.1 Å². The van der Waals surface area contributed by atoms with Gasteiger partial charge in [0.25, 0.3) is 0 Å². The van der Waals surface area contributed by atoms with Crippen molar-refractivity contribution in [3.63, 3.8) is 0 Å². The summed E-state index contributed by atoms with van der Waals surface area (Å²) in [6, 6.07) is 0.777. The van der Waals surface area contributed by atoms with E-state index in [2.05, 4.69) is 4.90 Å². The molecule has 1 saturated heterocycles. The molecule has 74 valence electrons. The maximum atomic E-state index is 10.8. The molecule has 0 saturated carbocycles. The molecule has 2 aliphatic heterocycles. The molecule has 0 amide bonds. The van der Waals surface area contributed by atoms with Crippen LogP contribution in [-0.4, -0.2) is 35.1 Å². The molecule has 0 spiro atoms. The second-order valence-electron chi connectivity index (χ2n) is 3.61. The highest BCUT2D eigenvalue weighted by Gasteiger charge is 2.37. The van der Waals surface area contributed by atoms with E-state index in [-0.39, 0.29) is 18.4 Å². The Morgan fingerprint density at radius 1 is 1.62 bits per heavy atom. The average Bonchev–Trinajstić information content (AvgIpc) is 2.32. The first-order valence-electron chi connectivity index (χ1n) is 4.35. The van der Waals surface area contributed by atoms with Crippen molar-refractivity contribution in [3.8, 4) is 0 Å². The summed E-state index contributed by atoms with van der Waals surface area (Å²) in [5, 5.41) is 8.88. The van der Waals surface area contributed by atoms with Gasteiger partial charge in [-0.25, -0.2) is 4.79 Å². The van der Waals surface area contributed by atoms with Gasteiger partial charge in [0.2, 0.25) is 0 Å². The lowest BCUT2D eigenvalue weighted by molar-refractivity contribution is -0.133. The van der Waals surface area contributed by atoms with Crippen LogP contribution in [0, 0.1) is 0 Å². The molecule has 0 aromatic heterocycles. The number of hydrogen-bond acceptors (Lipinski definition) is 2. The van der Waals surface area contributed by atoms with Crippen LogP contribution in [-0.2, 0) is 4.79 Å². The molecule has 0 radical (unpaired) electrons. The van der Waals surface area contributed by atoms with E-state index in [1.807, 2.05) is 13.1 Å². The second-order valence-corrected chi connectivity index (χ2v) is 3.61. The van der Waals surface area contributed by atoms with E-state index in [0.717, 1.165) is 19.3 Å². The number of rotatable bonds is 1. The van der Waals surface area contributed by atoms with Crippen molar-refractivity contribution < 1.29 is 9.90 Å². The zero-order chi connectivity index (χ0) is 8.72. The number of nitrogens with zero attached hydrogens (tertiary/aromatic N) is 1. The van der Waals surface area contributed by atoms with Crippen LogP contribution in [0.25, 0.3) is 0 Å². The van der Waals surface area contributed by atoms with Gasteiger partial charge >= 0.3 is 5.97 Å². The highest BCUT2D eigenvalue weighted by molar-refractivity contribution is 5.88. The molecule has 0 aromatic rings. The van der Waals surface area contributed by atoms with Crippen LogP contribution in [0.5, 0.6) is 0 Å². The lowest BCUT2D eigenvalue weighted by Crippen LogP contribution is -2.38. The van der Waals surface area contributed by atoms with E-state index in [1.165, 1.54) is 0 Å². The number of fused-ring (bicyclic) bond motifs is 2. The molecule has 1 fully saturated rings. The zero-order valence-corrected chi connectivity index (χ0v) is 8.38. The smallest absolute Gasteiger partial charge is 0.332 e. The van der Waals surface area contributed by atoms with Crippen molar-refractivity contribution in [2.75, 3.05) is 7.05 Å². The molecule has 2 aliphatic rings. The maximum absolute atomic E-state index is 10.8. The van der Waals surface area contributed by atoms with Crippen LogP contribution in [0.1, 0.15) is 19.3 Å². The zero-order valence-electron chi connectivity index (χ0n) is 7.56. The molecule has 2 heterocycles.